The molecule has 25 heavy (non-hydrogen) atoms. The Morgan fingerprint density at radius 3 is 2.84 bits per heavy atom. The average molecular weight is 485 g/mol. The van der Waals surface area contributed by atoms with E-state index in [4.69, 9.17) is 0 Å². The molecule has 1 atom stereocenters. The van der Waals surface area contributed by atoms with E-state index in [1.165, 1.54) is 0 Å². The first-order valence-electron chi connectivity index (χ1n) is 8.09. The molecule has 0 aliphatic carbocycles. The molecule has 1 unspecified atom stereocenters. The molecule has 9 nitrogen and oxygen atoms in total. The molecule has 0 spiro atoms. The number of nitrogens with zero attached hydrogens (tertiary/aromatic N) is 4. The molecule has 0 saturated heterocycles. The van der Waals surface area contributed by atoms with Crippen LogP contribution in [0.3, 0.4) is 0 Å². The summed E-state index contributed by atoms with van der Waals surface area (Å²) < 4.78 is 27.3. The minimum Gasteiger partial charge on any atom is -0.357 e. The fraction of sp³-hybridized carbons (Fsp3) is 0.786. The van der Waals surface area contributed by atoms with Gasteiger partial charge in [0.2, 0.25) is 10.0 Å². The Kier molecular flexibility index (Phi) is 8.06. The minimum absolute atomic E-state index is 0. The maximum atomic E-state index is 11.4. The van der Waals surface area contributed by atoms with Crippen molar-refractivity contribution in [1.29, 1.82) is 0 Å². The molecule has 1 aromatic rings. The molecule has 0 radical (unpaired) electrons. The van der Waals surface area contributed by atoms with E-state index >= 15 is 0 Å². The summed E-state index contributed by atoms with van der Waals surface area (Å²) in [6.07, 6.45) is 4.56. The summed E-state index contributed by atoms with van der Waals surface area (Å²) in [6.45, 7) is 7.41. The van der Waals surface area contributed by atoms with Crippen LogP contribution >= 0.6 is 24.0 Å². The second kappa shape index (κ2) is 9.12. The van der Waals surface area contributed by atoms with Crippen molar-refractivity contribution in [3.63, 3.8) is 0 Å². The third-order valence-corrected chi connectivity index (χ3v) is 4.51. The third kappa shape index (κ3) is 7.44. The van der Waals surface area contributed by atoms with Gasteiger partial charge in [-0.25, -0.2) is 22.8 Å². The molecule has 144 valence electrons. The Morgan fingerprint density at radius 1 is 1.48 bits per heavy atom. The van der Waals surface area contributed by atoms with Gasteiger partial charge in [-0.1, -0.05) is 0 Å². The molecule has 2 rings (SSSR count). The summed E-state index contributed by atoms with van der Waals surface area (Å²) >= 11 is 0. The molecule has 2 heterocycles. The van der Waals surface area contributed by atoms with Gasteiger partial charge in [0, 0.05) is 24.5 Å². The van der Waals surface area contributed by atoms with Gasteiger partial charge in [0.25, 0.3) is 0 Å². The average Bonchev–Trinajstić information content (AvgIpc) is 2.90. The van der Waals surface area contributed by atoms with Crippen molar-refractivity contribution in [2.24, 2.45) is 4.99 Å². The van der Waals surface area contributed by atoms with Gasteiger partial charge < -0.3 is 10.6 Å². The quantitative estimate of drug-likeness (QED) is 0.299. The predicted octanol–water partition coefficient (Wildman–Crippen LogP) is 0.0938. The van der Waals surface area contributed by atoms with Crippen molar-refractivity contribution in [2.45, 2.75) is 51.7 Å². The first kappa shape index (κ1) is 22.1. The Morgan fingerprint density at radius 2 is 2.20 bits per heavy atom. The van der Waals surface area contributed by atoms with Crippen LogP contribution in [0.15, 0.2) is 11.3 Å². The zero-order valence-electron chi connectivity index (χ0n) is 15.1. The third-order valence-electron chi connectivity index (χ3n) is 3.58. The number of rotatable bonds is 6. The lowest BCUT2D eigenvalue weighted by molar-refractivity contribution is 0.391. The summed E-state index contributed by atoms with van der Waals surface area (Å²) in [4.78, 5) is 8.75. The maximum absolute atomic E-state index is 11.4. The number of halogens is 1. The highest BCUT2D eigenvalue weighted by atomic mass is 127. The van der Waals surface area contributed by atoms with Gasteiger partial charge >= 0.3 is 0 Å². The zero-order valence-corrected chi connectivity index (χ0v) is 18.3. The van der Waals surface area contributed by atoms with E-state index in [2.05, 4.69) is 30.4 Å². The number of hydrogen-bond donors (Lipinski definition) is 3. The molecular formula is C14H28IN7O2S. The van der Waals surface area contributed by atoms with Gasteiger partial charge in [-0.05, 0) is 27.2 Å². The molecule has 0 fully saturated rings. The second-order valence-corrected chi connectivity index (χ2v) is 8.44. The number of aryl methyl sites for hydroxylation is 1. The fourth-order valence-electron chi connectivity index (χ4n) is 2.68. The maximum Gasteiger partial charge on any atom is 0.209 e. The van der Waals surface area contributed by atoms with Crippen molar-refractivity contribution in [3.05, 3.63) is 12.2 Å². The molecule has 1 aromatic heterocycles. The van der Waals surface area contributed by atoms with E-state index in [9.17, 15) is 8.42 Å². The summed E-state index contributed by atoms with van der Waals surface area (Å²) in [6, 6.07) is 0.211. The van der Waals surface area contributed by atoms with E-state index in [1.54, 1.807) is 6.33 Å². The van der Waals surface area contributed by atoms with Crippen LogP contribution in [0.1, 0.15) is 33.0 Å². The number of nitrogens with one attached hydrogen (secondary N) is 3. The lowest BCUT2D eigenvalue weighted by atomic mass is 10.1. The first-order chi connectivity index (χ1) is 11.2. The molecule has 3 N–H and O–H groups in total. The zero-order chi connectivity index (χ0) is 17.8. The predicted molar refractivity (Wildman–Crippen MR) is 109 cm³/mol. The van der Waals surface area contributed by atoms with E-state index in [-0.39, 0.29) is 30.0 Å². The SMILES string of the molecule is CCNC(=NCC(C)(C)NS(C)(=O)=O)NC1CCc2ncnn2C1.I. The standard InChI is InChI=1S/C14H27N7O2S.HI/c1-5-15-13(16-9-14(2,3)20-24(4,22)23)19-11-6-7-12-17-10-18-21(12)8-11;/h10-11,20H,5-9H2,1-4H3,(H2,15,16,19);1H. The number of sulfonamides is 1. The monoisotopic (exact) mass is 485 g/mol. The van der Waals surface area contributed by atoms with Crippen molar-refractivity contribution < 1.29 is 8.42 Å². The number of fused-ring (bicyclic) bond motifs is 1. The van der Waals surface area contributed by atoms with Gasteiger partial charge in [-0.2, -0.15) is 5.10 Å². The van der Waals surface area contributed by atoms with E-state index < -0.39 is 15.6 Å². The highest BCUT2D eigenvalue weighted by Gasteiger charge is 2.23. The second-order valence-electron chi connectivity index (χ2n) is 6.69. The fourth-order valence-corrected chi connectivity index (χ4v) is 3.75. The Balaban J connectivity index is 0.00000312. The highest BCUT2D eigenvalue weighted by Crippen LogP contribution is 2.11. The molecule has 1 aliphatic heterocycles. The lowest BCUT2D eigenvalue weighted by Gasteiger charge is -2.27. The molecule has 0 saturated carbocycles. The van der Waals surface area contributed by atoms with Gasteiger partial charge in [0.1, 0.15) is 12.2 Å². The first-order valence-corrected chi connectivity index (χ1v) is 9.98. The molecule has 0 bridgehead atoms. The number of guanidine groups is 1. The summed E-state index contributed by atoms with van der Waals surface area (Å²) in [5.41, 5.74) is -0.651. The van der Waals surface area contributed by atoms with Crippen LogP contribution in [-0.2, 0) is 23.0 Å². The molecular weight excluding hydrogens is 457 g/mol. The number of aromatic nitrogens is 3. The van der Waals surface area contributed by atoms with Crippen LogP contribution in [0, 0.1) is 0 Å². The Labute approximate surface area is 166 Å². The van der Waals surface area contributed by atoms with E-state index in [0.29, 0.717) is 12.5 Å². The molecule has 1 aliphatic rings. The van der Waals surface area contributed by atoms with Gasteiger partial charge in [0.15, 0.2) is 5.96 Å². The normalized spacial score (nSPS) is 18.2. The van der Waals surface area contributed by atoms with Crippen LogP contribution in [0.2, 0.25) is 0 Å². The van der Waals surface area contributed by atoms with E-state index in [0.717, 1.165) is 38.0 Å². The summed E-state index contributed by atoms with van der Waals surface area (Å²) in [5, 5.41) is 10.8. The van der Waals surface area contributed by atoms with E-state index in [1.807, 2.05) is 25.5 Å². The van der Waals surface area contributed by atoms with Crippen LogP contribution < -0.4 is 15.4 Å². The largest absolute Gasteiger partial charge is 0.357 e. The van der Waals surface area contributed by atoms with Gasteiger partial charge in [-0.15, -0.1) is 24.0 Å². The highest BCUT2D eigenvalue weighted by molar-refractivity contribution is 14.0. The number of aliphatic imine (C=N–C) groups is 1. The molecule has 0 aromatic carbocycles. The topological polar surface area (TPSA) is 113 Å². The minimum atomic E-state index is -3.27. The summed E-state index contributed by atoms with van der Waals surface area (Å²) in [7, 11) is -3.27. The van der Waals surface area contributed by atoms with Crippen LogP contribution in [-0.4, -0.2) is 60.1 Å². The smallest absolute Gasteiger partial charge is 0.209 e. The van der Waals surface area contributed by atoms with Crippen LogP contribution in [0.25, 0.3) is 0 Å². The molecule has 11 heteroatoms. The Bertz CT molecular complexity index is 687. The van der Waals surface area contributed by atoms with Crippen molar-refractivity contribution in [2.75, 3.05) is 19.3 Å². The van der Waals surface area contributed by atoms with Crippen molar-refractivity contribution in [1.82, 2.24) is 30.1 Å². The summed E-state index contributed by atoms with van der Waals surface area (Å²) in [5.74, 6) is 1.68. The van der Waals surface area contributed by atoms with Crippen LogP contribution in [0.4, 0.5) is 0 Å². The van der Waals surface area contributed by atoms with Gasteiger partial charge in [-0.3, -0.25) is 4.99 Å². The van der Waals surface area contributed by atoms with Gasteiger partial charge in [0.05, 0.1) is 19.3 Å². The van der Waals surface area contributed by atoms with Crippen molar-refractivity contribution in [3.8, 4) is 0 Å². The van der Waals surface area contributed by atoms with Crippen molar-refractivity contribution >= 4 is 40.0 Å². The molecule has 0 amide bonds. The lowest BCUT2D eigenvalue weighted by Crippen LogP contribution is -2.49. The Hall–Kier alpha value is -0.950. The number of hydrogen-bond acceptors (Lipinski definition) is 5. The van der Waals surface area contributed by atoms with Crippen LogP contribution in [0.5, 0.6) is 0 Å².